The van der Waals surface area contributed by atoms with Gasteiger partial charge < -0.3 is 4.90 Å². The first-order valence-electron chi connectivity index (χ1n) is 5.21. The Bertz CT molecular complexity index is 360. The molecule has 0 aliphatic carbocycles. The van der Waals surface area contributed by atoms with Crippen LogP contribution in [0.4, 0.5) is 5.69 Å². The molecule has 1 aromatic rings. The first-order chi connectivity index (χ1) is 7.18. The van der Waals surface area contributed by atoms with Crippen LogP contribution in [0.15, 0.2) is 28.7 Å². The van der Waals surface area contributed by atoms with Gasteiger partial charge in [-0.05, 0) is 44.0 Å². The van der Waals surface area contributed by atoms with Gasteiger partial charge in [0.25, 0.3) is 0 Å². The van der Waals surface area contributed by atoms with E-state index in [4.69, 9.17) is 0 Å². The lowest BCUT2D eigenvalue weighted by molar-refractivity contribution is -0.118. The first kappa shape index (κ1) is 10.7. The number of carbonyl (C=O) groups is 1. The Morgan fingerprint density at radius 1 is 1.40 bits per heavy atom. The van der Waals surface area contributed by atoms with E-state index >= 15 is 0 Å². The van der Waals surface area contributed by atoms with E-state index in [0.717, 1.165) is 29.5 Å². The molecule has 0 spiro atoms. The van der Waals surface area contributed by atoms with Crippen molar-refractivity contribution in [2.45, 2.75) is 25.8 Å². The Morgan fingerprint density at radius 3 is 2.67 bits per heavy atom. The Morgan fingerprint density at radius 2 is 2.07 bits per heavy atom. The number of nitrogens with zero attached hydrogens (tertiary/aromatic N) is 1. The second-order valence-electron chi connectivity index (χ2n) is 3.94. The van der Waals surface area contributed by atoms with Gasteiger partial charge in [-0.25, -0.2) is 0 Å². The molecule has 1 fully saturated rings. The van der Waals surface area contributed by atoms with Gasteiger partial charge in [0.15, 0.2) is 5.78 Å². The van der Waals surface area contributed by atoms with Crippen molar-refractivity contribution in [1.82, 2.24) is 0 Å². The normalized spacial score (nSPS) is 20.7. The molecule has 80 valence electrons. The fourth-order valence-corrected chi connectivity index (χ4v) is 2.40. The summed E-state index contributed by atoms with van der Waals surface area (Å²) < 4.78 is 1.07. The molecule has 0 radical (unpaired) electrons. The van der Waals surface area contributed by atoms with Gasteiger partial charge in [0, 0.05) is 16.7 Å². The lowest BCUT2D eigenvalue weighted by atomic mass is 10.1. The second kappa shape index (κ2) is 4.35. The highest BCUT2D eigenvalue weighted by molar-refractivity contribution is 9.10. The van der Waals surface area contributed by atoms with Gasteiger partial charge in [0.2, 0.25) is 0 Å². The highest BCUT2D eigenvalue weighted by Crippen LogP contribution is 2.27. The molecule has 3 heteroatoms. The molecule has 2 nitrogen and oxygen atoms in total. The van der Waals surface area contributed by atoms with Crippen LogP contribution < -0.4 is 4.90 Å². The average Bonchev–Trinajstić information content (AvgIpc) is 2.67. The van der Waals surface area contributed by atoms with Gasteiger partial charge in [0.05, 0.1) is 6.04 Å². The number of carbonyl (C=O) groups excluding carboxylic acids is 1. The third-order valence-electron chi connectivity index (χ3n) is 2.88. The lowest BCUT2D eigenvalue weighted by Crippen LogP contribution is -2.34. The van der Waals surface area contributed by atoms with Gasteiger partial charge in [-0.2, -0.15) is 0 Å². The Kier molecular flexibility index (Phi) is 3.10. The number of hydrogen-bond donors (Lipinski definition) is 0. The van der Waals surface area contributed by atoms with Crippen LogP contribution in [0.25, 0.3) is 0 Å². The van der Waals surface area contributed by atoms with Crippen LogP contribution >= 0.6 is 15.9 Å². The maximum atomic E-state index is 11.4. The maximum Gasteiger partial charge on any atom is 0.152 e. The summed E-state index contributed by atoms with van der Waals surface area (Å²) in [4.78, 5) is 13.6. The largest absolute Gasteiger partial charge is 0.361 e. The summed E-state index contributed by atoms with van der Waals surface area (Å²) >= 11 is 3.41. The van der Waals surface area contributed by atoms with Crippen LogP contribution in [-0.4, -0.2) is 18.4 Å². The van der Waals surface area contributed by atoms with E-state index < -0.39 is 0 Å². The second-order valence-corrected chi connectivity index (χ2v) is 4.85. The number of benzene rings is 1. The standard InChI is InChI=1S/C12H14BrNO/c1-9(15)12-3-2-8-14(12)11-6-4-10(13)5-7-11/h4-7,12H,2-3,8H2,1H3. The Hall–Kier alpha value is -0.830. The number of halogens is 1. The minimum atomic E-state index is 0.0891. The molecule has 1 heterocycles. The molecule has 1 saturated heterocycles. The number of rotatable bonds is 2. The number of ketones is 1. The lowest BCUT2D eigenvalue weighted by Gasteiger charge is -2.24. The predicted octanol–water partition coefficient (Wildman–Crippen LogP) is 3.01. The first-order valence-corrected chi connectivity index (χ1v) is 6.00. The van der Waals surface area contributed by atoms with Gasteiger partial charge in [-0.1, -0.05) is 15.9 Å². The summed E-state index contributed by atoms with van der Waals surface area (Å²) in [6.07, 6.45) is 2.10. The molecule has 1 aromatic carbocycles. The summed E-state index contributed by atoms with van der Waals surface area (Å²) in [5, 5.41) is 0. The van der Waals surface area contributed by atoms with E-state index in [9.17, 15) is 4.79 Å². The summed E-state index contributed by atoms with van der Waals surface area (Å²) in [6, 6.07) is 8.25. The molecular weight excluding hydrogens is 254 g/mol. The summed E-state index contributed by atoms with van der Waals surface area (Å²) in [6.45, 7) is 2.67. The Balaban J connectivity index is 2.22. The minimum absolute atomic E-state index is 0.0891. The molecule has 15 heavy (non-hydrogen) atoms. The molecule has 0 bridgehead atoms. The fraction of sp³-hybridized carbons (Fsp3) is 0.417. The van der Waals surface area contributed by atoms with Crippen molar-refractivity contribution in [1.29, 1.82) is 0 Å². The van der Waals surface area contributed by atoms with Crippen LogP contribution in [-0.2, 0) is 4.79 Å². The monoisotopic (exact) mass is 267 g/mol. The Labute approximate surface area is 98.4 Å². The minimum Gasteiger partial charge on any atom is -0.361 e. The molecule has 0 saturated carbocycles. The number of anilines is 1. The average molecular weight is 268 g/mol. The summed E-state index contributed by atoms with van der Waals surface area (Å²) in [5.41, 5.74) is 1.15. The number of Topliss-reactive ketones (excluding diaryl/α,β-unsaturated/α-hetero) is 1. The molecule has 1 aliphatic rings. The highest BCUT2D eigenvalue weighted by atomic mass is 79.9. The zero-order chi connectivity index (χ0) is 10.8. The maximum absolute atomic E-state index is 11.4. The third-order valence-corrected chi connectivity index (χ3v) is 3.41. The van der Waals surface area contributed by atoms with Crippen LogP contribution in [0, 0.1) is 0 Å². The van der Waals surface area contributed by atoms with Crippen molar-refractivity contribution < 1.29 is 4.79 Å². The van der Waals surface area contributed by atoms with E-state index in [-0.39, 0.29) is 11.8 Å². The molecular formula is C12H14BrNO. The smallest absolute Gasteiger partial charge is 0.152 e. The molecule has 1 unspecified atom stereocenters. The highest BCUT2D eigenvalue weighted by Gasteiger charge is 2.27. The molecule has 2 rings (SSSR count). The van der Waals surface area contributed by atoms with E-state index in [2.05, 4.69) is 33.0 Å². The van der Waals surface area contributed by atoms with Crippen LogP contribution in [0.3, 0.4) is 0 Å². The van der Waals surface area contributed by atoms with Crippen molar-refractivity contribution in [2.24, 2.45) is 0 Å². The van der Waals surface area contributed by atoms with Crippen LogP contribution in [0.1, 0.15) is 19.8 Å². The molecule has 1 aliphatic heterocycles. The summed E-state index contributed by atoms with van der Waals surface area (Å²) in [7, 11) is 0. The van der Waals surface area contributed by atoms with Gasteiger partial charge in [0.1, 0.15) is 0 Å². The quantitative estimate of drug-likeness (QED) is 0.821. The predicted molar refractivity (Wildman–Crippen MR) is 65.2 cm³/mol. The van der Waals surface area contributed by atoms with E-state index in [1.807, 2.05) is 12.1 Å². The molecule has 1 atom stereocenters. The fourth-order valence-electron chi connectivity index (χ4n) is 2.13. The van der Waals surface area contributed by atoms with Crippen LogP contribution in [0.2, 0.25) is 0 Å². The number of hydrogen-bond acceptors (Lipinski definition) is 2. The molecule has 0 amide bonds. The third kappa shape index (κ3) is 2.23. The van der Waals surface area contributed by atoms with Gasteiger partial charge in [-0.3, -0.25) is 4.79 Å². The van der Waals surface area contributed by atoms with Crippen molar-refractivity contribution in [3.8, 4) is 0 Å². The van der Waals surface area contributed by atoms with Crippen molar-refractivity contribution >= 4 is 27.4 Å². The van der Waals surface area contributed by atoms with E-state index in [1.165, 1.54) is 0 Å². The van der Waals surface area contributed by atoms with E-state index in [0.29, 0.717) is 0 Å². The topological polar surface area (TPSA) is 20.3 Å². The van der Waals surface area contributed by atoms with Crippen molar-refractivity contribution in [2.75, 3.05) is 11.4 Å². The SMILES string of the molecule is CC(=O)C1CCCN1c1ccc(Br)cc1. The zero-order valence-electron chi connectivity index (χ0n) is 8.74. The zero-order valence-corrected chi connectivity index (χ0v) is 10.3. The molecule has 0 aromatic heterocycles. The van der Waals surface area contributed by atoms with Gasteiger partial charge >= 0.3 is 0 Å². The molecule has 0 N–H and O–H groups in total. The van der Waals surface area contributed by atoms with E-state index in [1.54, 1.807) is 6.92 Å². The van der Waals surface area contributed by atoms with Crippen molar-refractivity contribution in [3.63, 3.8) is 0 Å². The van der Waals surface area contributed by atoms with Gasteiger partial charge in [-0.15, -0.1) is 0 Å². The summed E-state index contributed by atoms with van der Waals surface area (Å²) in [5.74, 6) is 0.274. The van der Waals surface area contributed by atoms with Crippen molar-refractivity contribution in [3.05, 3.63) is 28.7 Å². The van der Waals surface area contributed by atoms with Crippen LogP contribution in [0.5, 0.6) is 0 Å².